The molecule has 0 spiro atoms. The monoisotopic (exact) mass is 290 g/mol. The fourth-order valence-electron chi connectivity index (χ4n) is 2.63. The van der Waals surface area contributed by atoms with E-state index in [-0.39, 0.29) is 5.56 Å². The molecule has 3 heterocycles. The number of hydrogen-bond donors (Lipinski definition) is 1. The number of fused-ring (bicyclic) bond motifs is 3. The van der Waals surface area contributed by atoms with Gasteiger partial charge in [-0.15, -0.1) is 0 Å². The Labute approximate surface area is 126 Å². The van der Waals surface area contributed by atoms with Crippen LogP contribution >= 0.6 is 0 Å². The normalized spacial score (nSPS) is 11.4. The molecule has 22 heavy (non-hydrogen) atoms. The van der Waals surface area contributed by atoms with E-state index in [0.717, 1.165) is 33.4 Å². The van der Waals surface area contributed by atoms with E-state index in [1.807, 2.05) is 44.2 Å². The summed E-state index contributed by atoms with van der Waals surface area (Å²) >= 11 is 0. The molecular weight excluding hydrogens is 276 g/mol. The second-order valence-corrected chi connectivity index (χ2v) is 5.48. The molecule has 4 rings (SSSR count). The highest BCUT2D eigenvalue weighted by atomic mass is 16.1. The maximum atomic E-state index is 12.6. The van der Waals surface area contributed by atoms with Crippen LogP contribution < -0.4 is 5.56 Å². The van der Waals surface area contributed by atoms with Crippen LogP contribution in [0.1, 0.15) is 11.3 Å². The van der Waals surface area contributed by atoms with Crippen LogP contribution in [0.3, 0.4) is 0 Å². The molecule has 0 aliphatic heterocycles. The summed E-state index contributed by atoms with van der Waals surface area (Å²) in [4.78, 5) is 21.3. The van der Waals surface area contributed by atoms with Crippen molar-refractivity contribution in [1.82, 2.24) is 19.7 Å². The number of nitrogens with zero attached hydrogens (tertiary/aromatic N) is 3. The van der Waals surface area contributed by atoms with Crippen molar-refractivity contribution in [3.63, 3.8) is 0 Å². The van der Waals surface area contributed by atoms with Crippen molar-refractivity contribution in [1.29, 1.82) is 0 Å². The molecule has 0 amide bonds. The lowest BCUT2D eigenvalue weighted by Crippen LogP contribution is -2.14. The Morgan fingerprint density at radius 3 is 2.50 bits per heavy atom. The minimum atomic E-state index is -0.103. The van der Waals surface area contributed by atoms with Crippen molar-refractivity contribution >= 4 is 21.8 Å². The lowest BCUT2D eigenvalue weighted by molar-refractivity contribution is 0.864. The molecule has 5 heteroatoms. The maximum absolute atomic E-state index is 12.6. The van der Waals surface area contributed by atoms with Gasteiger partial charge in [0.15, 0.2) is 0 Å². The molecular formula is C17H14N4O. The summed E-state index contributed by atoms with van der Waals surface area (Å²) in [5.41, 5.74) is 4.36. The van der Waals surface area contributed by atoms with Gasteiger partial charge >= 0.3 is 0 Å². The number of aromatic nitrogens is 4. The molecule has 0 aliphatic rings. The zero-order chi connectivity index (χ0) is 15.3. The van der Waals surface area contributed by atoms with E-state index >= 15 is 0 Å². The Balaban J connectivity index is 2.06. The number of hydrogen-bond acceptors (Lipinski definition) is 3. The summed E-state index contributed by atoms with van der Waals surface area (Å²) in [6.45, 7) is 3.94. The quantitative estimate of drug-likeness (QED) is 0.586. The Kier molecular flexibility index (Phi) is 2.63. The fourth-order valence-corrected chi connectivity index (χ4v) is 2.63. The van der Waals surface area contributed by atoms with Gasteiger partial charge in [-0.25, -0.2) is 4.68 Å². The molecule has 0 saturated heterocycles. The molecule has 0 aliphatic carbocycles. The standard InChI is InChI=1S/C17H14N4O/c1-10-3-5-12(6-4-10)21-17(22)14-9-19-15-7-11(2)18-8-13(15)16(14)20-21/h3-9,20H,1-2H3. The summed E-state index contributed by atoms with van der Waals surface area (Å²) in [5, 5.41) is 4.61. The highest BCUT2D eigenvalue weighted by molar-refractivity contribution is 6.02. The van der Waals surface area contributed by atoms with Gasteiger partial charge < -0.3 is 0 Å². The minimum Gasteiger partial charge on any atom is -0.289 e. The molecule has 0 fully saturated rings. The maximum Gasteiger partial charge on any atom is 0.280 e. The number of H-pyrrole nitrogens is 1. The Morgan fingerprint density at radius 1 is 1.00 bits per heavy atom. The van der Waals surface area contributed by atoms with Crippen LogP contribution in [0.4, 0.5) is 0 Å². The number of pyridine rings is 2. The molecule has 1 aromatic carbocycles. The Morgan fingerprint density at radius 2 is 1.73 bits per heavy atom. The predicted octanol–water partition coefficient (Wildman–Crippen LogP) is 2.88. The van der Waals surface area contributed by atoms with Gasteiger partial charge in [0.1, 0.15) is 0 Å². The van der Waals surface area contributed by atoms with E-state index in [1.165, 1.54) is 0 Å². The summed E-state index contributed by atoms with van der Waals surface area (Å²) in [7, 11) is 0. The van der Waals surface area contributed by atoms with Gasteiger partial charge in [0.25, 0.3) is 5.56 Å². The third-order valence-corrected chi connectivity index (χ3v) is 3.84. The lowest BCUT2D eigenvalue weighted by atomic mass is 10.2. The van der Waals surface area contributed by atoms with Gasteiger partial charge in [-0.2, -0.15) is 0 Å². The smallest absolute Gasteiger partial charge is 0.280 e. The highest BCUT2D eigenvalue weighted by Gasteiger charge is 2.12. The Hall–Kier alpha value is -2.95. The van der Waals surface area contributed by atoms with Crippen LogP contribution in [0, 0.1) is 13.8 Å². The van der Waals surface area contributed by atoms with Gasteiger partial charge in [-0.3, -0.25) is 19.9 Å². The van der Waals surface area contributed by atoms with E-state index in [1.54, 1.807) is 17.1 Å². The second-order valence-electron chi connectivity index (χ2n) is 5.48. The molecule has 108 valence electrons. The van der Waals surface area contributed by atoms with Crippen LogP contribution in [0.25, 0.3) is 27.5 Å². The van der Waals surface area contributed by atoms with Crippen molar-refractivity contribution < 1.29 is 0 Å². The van der Waals surface area contributed by atoms with Crippen LogP contribution in [-0.4, -0.2) is 19.7 Å². The molecule has 4 aromatic rings. The average molecular weight is 290 g/mol. The van der Waals surface area contributed by atoms with E-state index in [9.17, 15) is 4.79 Å². The van der Waals surface area contributed by atoms with Crippen molar-refractivity contribution in [2.45, 2.75) is 13.8 Å². The molecule has 0 atom stereocenters. The van der Waals surface area contributed by atoms with Crippen molar-refractivity contribution in [3.8, 4) is 5.69 Å². The summed E-state index contributed by atoms with van der Waals surface area (Å²) in [6, 6.07) is 9.72. The fraction of sp³-hybridized carbons (Fsp3) is 0.118. The number of nitrogens with one attached hydrogen (secondary N) is 1. The largest absolute Gasteiger partial charge is 0.289 e. The van der Waals surface area contributed by atoms with Crippen LogP contribution in [-0.2, 0) is 0 Å². The molecule has 0 radical (unpaired) electrons. The number of aromatic amines is 1. The zero-order valence-corrected chi connectivity index (χ0v) is 12.3. The van der Waals surface area contributed by atoms with Gasteiger partial charge in [0.2, 0.25) is 0 Å². The summed E-state index contributed by atoms with van der Waals surface area (Å²) in [5.74, 6) is 0. The number of benzene rings is 1. The number of rotatable bonds is 1. The summed E-state index contributed by atoms with van der Waals surface area (Å²) in [6.07, 6.45) is 3.38. The molecule has 1 N–H and O–H groups in total. The van der Waals surface area contributed by atoms with Crippen molar-refractivity contribution in [3.05, 3.63) is 64.3 Å². The first-order chi connectivity index (χ1) is 10.6. The first kappa shape index (κ1) is 12.8. The first-order valence-electron chi connectivity index (χ1n) is 7.06. The molecule has 3 aromatic heterocycles. The van der Waals surface area contributed by atoms with Crippen LogP contribution in [0.2, 0.25) is 0 Å². The van der Waals surface area contributed by atoms with Gasteiger partial charge in [0, 0.05) is 23.5 Å². The van der Waals surface area contributed by atoms with E-state index in [2.05, 4.69) is 15.1 Å². The van der Waals surface area contributed by atoms with Gasteiger partial charge in [0.05, 0.1) is 22.1 Å². The van der Waals surface area contributed by atoms with Crippen molar-refractivity contribution in [2.75, 3.05) is 0 Å². The zero-order valence-electron chi connectivity index (χ0n) is 12.3. The second kappa shape index (κ2) is 4.53. The van der Waals surface area contributed by atoms with Crippen LogP contribution in [0.15, 0.2) is 47.5 Å². The predicted molar refractivity (Wildman–Crippen MR) is 86.5 cm³/mol. The average Bonchev–Trinajstić information content (AvgIpc) is 2.85. The summed E-state index contributed by atoms with van der Waals surface area (Å²) < 4.78 is 1.55. The first-order valence-corrected chi connectivity index (χ1v) is 7.06. The van der Waals surface area contributed by atoms with E-state index < -0.39 is 0 Å². The molecule has 0 bridgehead atoms. The van der Waals surface area contributed by atoms with Gasteiger partial charge in [-0.05, 0) is 32.0 Å². The van der Waals surface area contributed by atoms with Crippen LogP contribution in [0.5, 0.6) is 0 Å². The topological polar surface area (TPSA) is 63.6 Å². The molecule has 5 nitrogen and oxygen atoms in total. The van der Waals surface area contributed by atoms with Gasteiger partial charge in [-0.1, -0.05) is 17.7 Å². The third-order valence-electron chi connectivity index (χ3n) is 3.84. The molecule has 0 saturated carbocycles. The minimum absolute atomic E-state index is 0.103. The van der Waals surface area contributed by atoms with Crippen molar-refractivity contribution in [2.24, 2.45) is 0 Å². The molecule has 0 unspecified atom stereocenters. The Bertz CT molecular complexity index is 1060. The lowest BCUT2D eigenvalue weighted by Gasteiger charge is -2.01. The van der Waals surface area contributed by atoms with E-state index in [4.69, 9.17) is 0 Å². The van der Waals surface area contributed by atoms with E-state index in [0.29, 0.717) is 5.39 Å². The highest BCUT2D eigenvalue weighted by Crippen LogP contribution is 2.20. The third kappa shape index (κ3) is 1.83. The SMILES string of the molecule is Cc1ccc(-n2[nH]c3c(cnc4cc(C)ncc43)c2=O)cc1. The number of aryl methyl sites for hydroxylation is 2.